The Balaban J connectivity index is 1.03. The summed E-state index contributed by atoms with van der Waals surface area (Å²) < 4.78 is 22.0. The van der Waals surface area contributed by atoms with Gasteiger partial charge in [-0.2, -0.15) is 0 Å². The molecule has 2 aromatic carbocycles. The number of ether oxygens (including phenoxy) is 1. The largest absolute Gasteiger partial charge is 0.365 e. The molecule has 6 rings (SSSR count). The number of nitrogens with zero attached hydrogens (tertiary/aromatic N) is 4. The molecule has 0 saturated carbocycles. The van der Waals surface area contributed by atoms with Crippen LogP contribution in [0.2, 0.25) is 0 Å². The van der Waals surface area contributed by atoms with Crippen LogP contribution < -0.4 is 5.32 Å². The number of amides is 1. The van der Waals surface area contributed by atoms with E-state index in [0.717, 1.165) is 48.2 Å². The van der Waals surface area contributed by atoms with Crippen molar-refractivity contribution in [1.82, 2.24) is 30.2 Å². The standard InChI is InChI=1S/C26H27FN6O2/c27-21-4-2-1-3-20(21)25-15-33-24(16-35-25)23(30-31-33)14-32-11-8-19(9-12-32)29-26(34)18-5-6-22-17(13-18)7-10-28-22/h1-7,10,13,19,25,28H,8-9,11-12,14-16H2,(H,29,34). The zero-order valence-electron chi connectivity index (χ0n) is 19.3. The van der Waals surface area contributed by atoms with E-state index in [1.165, 1.54) is 6.07 Å². The number of fused-ring (bicyclic) bond motifs is 2. The molecule has 1 amide bonds. The SMILES string of the molecule is O=C(NC1CCN(Cc2nnn3c2COC(c2ccccc2F)C3)CC1)c1ccc2[nH]ccc2c1. The van der Waals surface area contributed by atoms with Crippen LogP contribution in [0, 0.1) is 5.82 Å². The van der Waals surface area contributed by atoms with Crippen LogP contribution in [0.5, 0.6) is 0 Å². The molecule has 2 aliphatic heterocycles. The molecule has 1 atom stereocenters. The minimum absolute atomic E-state index is 0.0273. The van der Waals surface area contributed by atoms with Crippen molar-refractivity contribution >= 4 is 16.8 Å². The molecular weight excluding hydrogens is 447 g/mol. The van der Waals surface area contributed by atoms with E-state index in [4.69, 9.17) is 4.74 Å². The average molecular weight is 475 g/mol. The van der Waals surface area contributed by atoms with Crippen LogP contribution in [-0.4, -0.2) is 49.9 Å². The normalized spacial score (nSPS) is 19.1. The Morgan fingerprint density at radius 1 is 1.17 bits per heavy atom. The number of benzene rings is 2. The minimum atomic E-state index is -0.365. The molecule has 1 saturated heterocycles. The molecule has 4 heterocycles. The van der Waals surface area contributed by atoms with Crippen LogP contribution in [0.3, 0.4) is 0 Å². The molecule has 0 bridgehead atoms. The molecule has 9 heteroatoms. The summed E-state index contributed by atoms with van der Waals surface area (Å²) in [6, 6.07) is 14.5. The van der Waals surface area contributed by atoms with E-state index < -0.39 is 0 Å². The van der Waals surface area contributed by atoms with Gasteiger partial charge in [0.05, 0.1) is 18.8 Å². The van der Waals surface area contributed by atoms with Gasteiger partial charge in [0.1, 0.15) is 17.6 Å². The van der Waals surface area contributed by atoms with E-state index in [-0.39, 0.29) is 23.9 Å². The Hall–Kier alpha value is -3.56. The number of rotatable bonds is 5. The molecule has 2 aromatic heterocycles. The predicted octanol–water partition coefficient (Wildman–Crippen LogP) is 3.56. The number of hydrogen-bond acceptors (Lipinski definition) is 5. The summed E-state index contributed by atoms with van der Waals surface area (Å²) in [6.45, 7) is 3.23. The van der Waals surface area contributed by atoms with Gasteiger partial charge in [0, 0.05) is 53.9 Å². The van der Waals surface area contributed by atoms with E-state index in [1.807, 2.05) is 41.2 Å². The van der Waals surface area contributed by atoms with Gasteiger partial charge in [-0.15, -0.1) is 5.10 Å². The lowest BCUT2D eigenvalue weighted by Gasteiger charge is -2.32. The summed E-state index contributed by atoms with van der Waals surface area (Å²) in [5, 5.41) is 12.9. The first kappa shape index (κ1) is 21.9. The van der Waals surface area contributed by atoms with Crippen molar-refractivity contribution in [3.05, 3.63) is 83.1 Å². The Morgan fingerprint density at radius 2 is 2.03 bits per heavy atom. The van der Waals surface area contributed by atoms with E-state index >= 15 is 0 Å². The number of aromatic amines is 1. The maximum Gasteiger partial charge on any atom is 0.251 e. The van der Waals surface area contributed by atoms with Gasteiger partial charge in [-0.05, 0) is 43.2 Å². The van der Waals surface area contributed by atoms with Crippen molar-refractivity contribution in [2.24, 2.45) is 0 Å². The molecular formula is C26H27FN6O2. The summed E-state index contributed by atoms with van der Waals surface area (Å²) >= 11 is 0. The van der Waals surface area contributed by atoms with Gasteiger partial charge in [0.25, 0.3) is 5.91 Å². The number of halogens is 1. The molecule has 0 aliphatic carbocycles. The maximum absolute atomic E-state index is 14.2. The lowest BCUT2D eigenvalue weighted by molar-refractivity contribution is -0.00414. The topological polar surface area (TPSA) is 88.1 Å². The lowest BCUT2D eigenvalue weighted by Crippen LogP contribution is -2.44. The first-order valence-electron chi connectivity index (χ1n) is 12.0. The first-order valence-corrected chi connectivity index (χ1v) is 12.0. The Labute approximate surface area is 202 Å². The van der Waals surface area contributed by atoms with Gasteiger partial charge in [-0.3, -0.25) is 9.69 Å². The van der Waals surface area contributed by atoms with E-state index in [1.54, 1.807) is 12.1 Å². The molecule has 1 fully saturated rings. The summed E-state index contributed by atoms with van der Waals surface area (Å²) in [5.74, 6) is -0.290. The molecule has 4 aromatic rings. The van der Waals surface area contributed by atoms with Gasteiger partial charge >= 0.3 is 0 Å². The highest BCUT2D eigenvalue weighted by Gasteiger charge is 2.28. The van der Waals surface area contributed by atoms with Crippen LogP contribution >= 0.6 is 0 Å². The number of nitrogens with one attached hydrogen (secondary N) is 2. The molecule has 2 aliphatic rings. The van der Waals surface area contributed by atoms with Crippen LogP contribution in [-0.2, 0) is 24.4 Å². The maximum atomic E-state index is 14.2. The fraction of sp³-hybridized carbons (Fsp3) is 0.346. The van der Waals surface area contributed by atoms with E-state index in [9.17, 15) is 9.18 Å². The molecule has 8 nitrogen and oxygen atoms in total. The summed E-state index contributed by atoms with van der Waals surface area (Å²) in [6.07, 6.45) is 3.28. The minimum Gasteiger partial charge on any atom is -0.365 e. The second kappa shape index (κ2) is 9.24. The Kier molecular flexibility index (Phi) is 5.79. The van der Waals surface area contributed by atoms with Crippen LogP contribution in [0.1, 0.15) is 46.3 Å². The number of H-pyrrole nitrogens is 1. The monoisotopic (exact) mass is 474 g/mol. The van der Waals surface area contributed by atoms with Gasteiger partial charge < -0.3 is 15.0 Å². The van der Waals surface area contributed by atoms with Crippen LogP contribution in [0.4, 0.5) is 4.39 Å². The zero-order chi connectivity index (χ0) is 23.8. The third-order valence-corrected chi connectivity index (χ3v) is 7.04. The third kappa shape index (κ3) is 4.44. The number of carbonyl (C=O) groups excluding carboxylic acids is 1. The van der Waals surface area contributed by atoms with Crippen molar-refractivity contribution in [2.75, 3.05) is 13.1 Å². The van der Waals surface area contributed by atoms with Crippen molar-refractivity contribution in [1.29, 1.82) is 0 Å². The first-order chi connectivity index (χ1) is 17.1. The van der Waals surface area contributed by atoms with Gasteiger partial charge in [-0.25, -0.2) is 9.07 Å². The second-order valence-corrected chi connectivity index (χ2v) is 9.29. The van der Waals surface area contributed by atoms with E-state index in [0.29, 0.717) is 30.8 Å². The third-order valence-electron chi connectivity index (χ3n) is 7.04. The predicted molar refractivity (Wildman–Crippen MR) is 128 cm³/mol. The molecule has 35 heavy (non-hydrogen) atoms. The molecule has 1 unspecified atom stereocenters. The lowest BCUT2D eigenvalue weighted by atomic mass is 10.0. The average Bonchev–Trinajstić information content (AvgIpc) is 3.51. The summed E-state index contributed by atoms with van der Waals surface area (Å²) in [5.41, 5.74) is 4.11. The highest BCUT2D eigenvalue weighted by molar-refractivity contribution is 5.98. The zero-order valence-corrected chi connectivity index (χ0v) is 19.3. The second-order valence-electron chi connectivity index (χ2n) is 9.29. The summed E-state index contributed by atoms with van der Waals surface area (Å²) in [7, 11) is 0. The van der Waals surface area contributed by atoms with Crippen LogP contribution in [0.25, 0.3) is 10.9 Å². The molecule has 180 valence electrons. The van der Waals surface area contributed by atoms with Crippen molar-refractivity contribution in [2.45, 2.75) is 44.7 Å². The van der Waals surface area contributed by atoms with Gasteiger partial charge in [0.2, 0.25) is 0 Å². The highest BCUT2D eigenvalue weighted by Crippen LogP contribution is 2.29. The molecule has 0 radical (unpaired) electrons. The number of aromatic nitrogens is 4. The Morgan fingerprint density at radius 3 is 2.89 bits per heavy atom. The van der Waals surface area contributed by atoms with Gasteiger partial charge in [-0.1, -0.05) is 23.4 Å². The van der Waals surface area contributed by atoms with Crippen LogP contribution in [0.15, 0.2) is 54.7 Å². The molecule has 2 N–H and O–H groups in total. The van der Waals surface area contributed by atoms with Crippen molar-refractivity contribution < 1.29 is 13.9 Å². The smallest absolute Gasteiger partial charge is 0.251 e. The quantitative estimate of drug-likeness (QED) is 0.462. The fourth-order valence-corrected chi connectivity index (χ4v) is 5.02. The number of likely N-dealkylation sites (tertiary alicyclic amines) is 1. The van der Waals surface area contributed by atoms with Gasteiger partial charge in [0.15, 0.2) is 0 Å². The molecule has 0 spiro atoms. The van der Waals surface area contributed by atoms with E-state index in [2.05, 4.69) is 25.5 Å². The number of hydrogen-bond donors (Lipinski definition) is 2. The van der Waals surface area contributed by atoms with Crippen molar-refractivity contribution in [3.8, 4) is 0 Å². The number of piperidine rings is 1. The fourth-order valence-electron chi connectivity index (χ4n) is 5.02. The Bertz CT molecular complexity index is 1360. The highest BCUT2D eigenvalue weighted by atomic mass is 19.1. The number of carbonyl (C=O) groups is 1. The van der Waals surface area contributed by atoms with Crippen molar-refractivity contribution in [3.63, 3.8) is 0 Å². The summed E-state index contributed by atoms with van der Waals surface area (Å²) in [4.78, 5) is 18.2.